The van der Waals surface area contributed by atoms with Gasteiger partial charge in [-0.1, -0.05) is 157 Å². The van der Waals surface area contributed by atoms with Gasteiger partial charge < -0.3 is 5.11 Å². The third-order valence-electron chi connectivity index (χ3n) is 11.9. The molecule has 4 aromatic carbocycles. The molecular formula is C48H62IrNO2Si2-. The van der Waals surface area contributed by atoms with E-state index in [0.29, 0.717) is 0 Å². The molecule has 3 nitrogen and oxygen atoms in total. The van der Waals surface area contributed by atoms with Gasteiger partial charge in [-0.05, 0) is 65.1 Å². The van der Waals surface area contributed by atoms with Gasteiger partial charge in [0, 0.05) is 49.9 Å². The van der Waals surface area contributed by atoms with E-state index >= 15 is 0 Å². The minimum absolute atomic E-state index is 0. The van der Waals surface area contributed by atoms with E-state index in [9.17, 15) is 9.90 Å². The molecule has 0 saturated heterocycles. The summed E-state index contributed by atoms with van der Waals surface area (Å²) in [5, 5.41) is 18.0. The maximum absolute atomic E-state index is 11.7. The van der Waals surface area contributed by atoms with Gasteiger partial charge in [-0.25, -0.2) is 0 Å². The van der Waals surface area contributed by atoms with Crippen molar-refractivity contribution in [3.05, 3.63) is 102 Å². The number of allylic oxidation sites excluding steroid dienone is 2. The Balaban J connectivity index is 0.000000347. The van der Waals surface area contributed by atoms with E-state index < -0.39 is 16.1 Å². The summed E-state index contributed by atoms with van der Waals surface area (Å²) < 4.78 is 0. The molecule has 0 unspecified atom stereocenters. The molecule has 54 heavy (non-hydrogen) atoms. The number of carbonyl (C=O) groups excluding carboxylic acids is 1. The van der Waals surface area contributed by atoms with Crippen LogP contribution in [0.25, 0.3) is 43.9 Å². The first-order valence-electron chi connectivity index (χ1n) is 20.0. The van der Waals surface area contributed by atoms with Gasteiger partial charge in [-0.15, -0.1) is 29.1 Å². The van der Waals surface area contributed by atoms with Crippen LogP contribution in [0.1, 0.15) is 79.7 Å². The van der Waals surface area contributed by atoms with Crippen LogP contribution in [-0.4, -0.2) is 32.0 Å². The van der Waals surface area contributed by atoms with E-state index in [1.54, 1.807) is 10.4 Å². The molecule has 6 heteroatoms. The fraction of sp³-hybridized carbons (Fsp3) is 0.417. The first-order chi connectivity index (χ1) is 25.0. The first-order valence-corrected chi connectivity index (χ1v) is 26.4. The van der Waals surface area contributed by atoms with Crippen molar-refractivity contribution < 1.29 is 30.0 Å². The molecule has 0 fully saturated rings. The Hall–Kier alpha value is -3.16. The van der Waals surface area contributed by atoms with Crippen molar-refractivity contribution >= 4 is 53.8 Å². The predicted octanol–water partition coefficient (Wildman–Crippen LogP) is 12.5. The van der Waals surface area contributed by atoms with Gasteiger partial charge in [0.2, 0.25) is 0 Å². The number of nitrogens with zero attached hydrogens (tertiary/aromatic N) is 1. The van der Waals surface area contributed by atoms with Crippen LogP contribution in [0.15, 0.2) is 90.8 Å². The zero-order chi connectivity index (χ0) is 38.7. The van der Waals surface area contributed by atoms with Crippen molar-refractivity contribution in [1.29, 1.82) is 0 Å². The molecular weight excluding hydrogens is 871 g/mol. The Morgan fingerprint density at radius 2 is 1.37 bits per heavy atom. The van der Waals surface area contributed by atoms with E-state index in [0.717, 1.165) is 42.3 Å². The monoisotopic (exact) mass is 933 g/mol. The number of aliphatic hydroxyl groups is 1. The van der Waals surface area contributed by atoms with E-state index in [2.05, 4.69) is 126 Å². The van der Waals surface area contributed by atoms with Gasteiger partial charge in [0.05, 0.1) is 21.9 Å². The Kier molecular flexibility index (Phi) is 14.3. The molecule has 1 N–H and O–H groups in total. The van der Waals surface area contributed by atoms with Crippen molar-refractivity contribution in [1.82, 2.24) is 4.98 Å². The number of rotatable bonds is 9. The van der Waals surface area contributed by atoms with E-state index in [1.165, 1.54) is 51.0 Å². The number of aliphatic hydroxyl groups excluding tert-OH is 1. The molecule has 0 atom stereocenters. The summed E-state index contributed by atoms with van der Waals surface area (Å²) in [6.07, 6.45) is 6.86. The number of carbonyl (C=O) groups is 1. The van der Waals surface area contributed by atoms with Crippen molar-refractivity contribution in [2.75, 3.05) is 0 Å². The molecule has 289 valence electrons. The third kappa shape index (κ3) is 9.44. The zero-order valence-electron chi connectivity index (χ0n) is 34.6. The molecule has 1 radical (unpaired) electrons. The Labute approximate surface area is 341 Å². The molecule has 0 aliphatic carbocycles. The molecule has 0 amide bonds. The second-order valence-electron chi connectivity index (χ2n) is 17.5. The number of hydrogen-bond acceptors (Lipinski definition) is 3. The molecule has 0 saturated carbocycles. The van der Waals surface area contributed by atoms with Gasteiger partial charge in [0.1, 0.15) is 0 Å². The van der Waals surface area contributed by atoms with Crippen LogP contribution >= 0.6 is 0 Å². The summed E-state index contributed by atoms with van der Waals surface area (Å²) in [7, 11) is -2.72. The van der Waals surface area contributed by atoms with Crippen LogP contribution in [0.3, 0.4) is 0 Å². The minimum atomic E-state index is -1.39. The standard InChI is InChI=1S/C35H38NSi2.C13H24O2.Ir/c1-35(2,3)31-22-28(21-26-10-8-9-11-29(26)31)34-30-14-12-24(20-27(30)16-17-36-34)25-13-15-32-33(23-25)38(6,7)19-18-37(32,4)5;1-5-10(6-2)12(14)9-13(15)11(7-3)8-4;/h8-17,20,22-23H,18-19H2,1-7H3;9-11,14H,5-8H2,1-4H3;/q-1;;/b;12-9-;. The zero-order valence-corrected chi connectivity index (χ0v) is 39.0. The molecule has 1 aliphatic rings. The quantitative estimate of drug-likeness (QED) is 0.0693. The van der Waals surface area contributed by atoms with Gasteiger partial charge in [-0.3, -0.25) is 9.78 Å². The summed E-state index contributed by atoms with van der Waals surface area (Å²) in [4.78, 5) is 16.6. The Morgan fingerprint density at radius 3 is 2.00 bits per heavy atom. The number of ketones is 1. The number of pyridine rings is 1. The molecule has 1 aromatic heterocycles. The molecule has 0 bridgehead atoms. The SMILES string of the molecule is CC(C)(C)c1cc(-c2nccc3cc(-c4ccc5c(c4)[Si](C)(C)CC[Si]5(C)C)ccc23)[c-]c2ccccc12.CCC(CC)C(=O)/C=C(\O)C(CC)CC.[Ir]. The first kappa shape index (κ1) is 43.6. The molecule has 1 aliphatic heterocycles. The van der Waals surface area contributed by atoms with Crippen LogP contribution in [0.5, 0.6) is 0 Å². The topological polar surface area (TPSA) is 50.2 Å². The fourth-order valence-corrected chi connectivity index (χ4v) is 18.4. The smallest absolute Gasteiger partial charge is 0.162 e. The number of benzene rings is 4. The second-order valence-corrected chi connectivity index (χ2v) is 27.1. The van der Waals surface area contributed by atoms with Crippen molar-refractivity contribution in [2.45, 2.75) is 118 Å². The molecule has 5 aromatic rings. The van der Waals surface area contributed by atoms with E-state index in [1.807, 2.05) is 33.9 Å². The molecule has 0 spiro atoms. The maximum atomic E-state index is 11.7. The second kappa shape index (κ2) is 17.8. The van der Waals surface area contributed by atoms with Gasteiger partial charge in [0.15, 0.2) is 5.78 Å². The predicted molar refractivity (Wildman–Crippen MR) is 235 cm³/mol. The van der Waals surface area contributed by atoms with Crippen LogP contribution in [-0.2, 0) is 30.3 Å². The normalized spacial score (nSPS) is 15.1. The Bertz CT molecular complexity index is 2120. The maximum Gasteiger partial charge on any atom is 0.162 e. The van der Waals surface area contributed by atoms with Crippen molar-refractivity contribution in [2.24, 2.45) is 11.8 Å². The number of fused-ring (bicyclic) bond motifs is 3. The molecule has 6 rings (SSSR count). The average Bonchev–Trinajstić information content (AvgIpc) is 3.13. The summed E-state index contributed by atoms with van der Waals surface area (Å²) in [5.74, 6) is 0.547. The van der Waals surface area contributed by atoms with Crippen LogP contribution in [0.2, 0.25) is 38.3 Å². The van der Waals surface area contributed by atoms with Gasteiger partial charge in [0.25, 0.3) is 0 Å². The number of aromatic nitrogens is 1. The number of hydrogen-bond donors (Lipinski definition) is 1. The summed E-state index contributed by atoms with van der Waals surface area (Å²) in [5.41, 5.74) is 6.10. The summed E-state index contributed by atoms with van der Waals surface area (Å²) in [6.45, 7) is 25.1. The van der Waals surface area contributed by atoms with Crippen molar-refractivity contribution in [3.8, 4) is 22.4 Å². The summed E-state index contributed by atoms with van der Waals surface area (Å²) in [6, 6.07) is 33.9. The largest absolute Gasteiger partial charge is 0.512 e. The third-order valence-corrected chi connectivity index (χ3v) is 19.4. The Morgan fingerprint density at radius 1 is 0.778 bits per heavy atom. The van der Waals surface area contributed by atoms with Crippen LogP contribution < -0.4 is 10.4 Å². The van der Waals surface area contributed by atoms with Gasteiger partial charge in [-0.2, -0.15) is 0 Å². The van der Waals surface area contributed by atoms with Crippen LogP contribution in [0, 0.1) is 17.9 Å². The van der Waals surface area contributed by atoms with E-state index in [4.69, 9.17) is 4.98 Å². The van der Waals surface area contributed by atoms with Crippen molar-refractivity contribution in [3.63, 3.8) is 0 Å². The molecule has 2 heterocycles. The minimum Gasteiger partial charge on any atom is -0.512 e. The summed E-state index contributed by atoms with van der Waals surface area (Å²) >= 11 is 0. The van der Waals surface area contributed by atoms with Crippen LogP contribution in [0.4, 0.5) is 0 Å². The average molecular weight is 933 g/mol. The fourth-order valence-electron chi connectivity index (χ4n) is 8.10. The van der Waals surface area contributed by atoms with Gasteiger partial charge >= 0.3 is 0 Å². The van der Waals surface area contributed by atoms with E-state index in [-0.39, 0.29) is 48.9 Å².